The van der Waals surface area contributed by atoms with E-state index >= 15 is 0 Å². The number of carbonyl (C=O) groups excluding carboxylic acids is 1. The number of para-hydroxylation sites is 1. The molecular formula is C21H22N2O2. The molecule has 1 aromatic heterocycles. The number of benzene rings is 2. The van der Waals surface area contributed by atoms with Gasteiger partial charge < -0.3 is 14.6 Å². The predicted molar refractivity (Wildman–Crippen MR) is 99.2 cm³/mol. The normalized spacial score (nSPS) is 16.5. The Morgan fingerprint density at radius 2 is 1.92 bits per heavy atom. The number of nitrogens with one attached hydrogen (secondary N) is 1. The van der Waals surface area contributed by atoms with Crippen molar-refractivity contribution in [2.75, 3.05) is 7.11 Å². The highest BCUT2D eigenvalue weighted by Gasteiger charge is 2.25. The first-order chi connectivity index (χ1) is 12.2. The molecule has 0 saturated heterocycles. The molecule has 4 heteroatoms. The van der Waals surface area contributed by atoms with Crippen LogP contribution in [-0.4, -0.2) is 23.6 Å². The molecule has 1 N–H and O–H groups in total. The topological polar surface area (TPSA) is 43.3 Å². The number of methoxy groups -OCH3 is 1. The summed E-state index contributed by atoms with van der Waals surface area (Å²) < 4.78 is 7.44. The molecule has 0 spiro atoms. The van der Waals surface area contributed by atoms with Gasteiger partial charge in [0.15, 0.2) is 0 Å². The lowest BCUT2D eigenvalue weighted by atomic mass is 9.91. The monoisotopic (exact) mass is 334 g/mol. The predicted octanol–water partition coefficient (Wildman–Crippen LogP) is 3.47. The van der Waals surface area contributed by atoms with Gasteiger partial charge in [-0.2, -0.15) is 0 Å². The Kier molecular flexibility index (Phi) is 3.96. The molecule has 0 radical (unpaired) electrons. The summed E-state index contributed by atoms with van der Waals surface area (Å²) in [4.78, 5) is 12.5. The van der Waals surface area contributed by atoms with Crippen LogP contribution in [0.1, 0.15) is 28.0 Å². The van der Waals surface area contributed by atoms with Gasteiger partial charge >= 0.3 is 0 Å². The summed E-state index contributed by atoms with van der Waals surface area (Å²) in [6.07, 6.45) is 2.85. The summed E-state index contributed by atoms with van der Waals surface area (Å²) in [5, 5.41) is 4.51. The molecule has 1 atom stereocenters. The minimum absolute atomic E-state index is 0.0173. The van der Waals surface area contributed by atoms with Gasteiger partial charge in [0, 0.05) is 35.2 Å². The van der Waals surface area contributed by atoms with Gasteiger partial charge in [-0.3, -0.25) is 4.79 Å². The number of hydrogen-bond acceptors (Lipinski definition) is 2. The lowest BCUT2D eigenvalue weighted by molar-refractivity contribution is 0.0933. The van der Waals surface area contributed by atoms with Crippen LogP contribution in [0, 0.1) is 0 Å². The van der Waals surface area contributed by atoms with Crippen molar-refractivity contribution in [1.82, 2.24) is 9.88 Å². The Hall–Kier alpha value is -2.75. The summed E-state index contributed by atoms with van der Waals surface area (Å²) in [6.45, 7) is 0. The molecule has 0 aliphatic heterocycles. The van der Waals surface area contributed by atoms with Gasteiger partial charge in [-0.25, -0.2) is 0 Å². The zero-order valence-electron chi connectivity index (χ0n) is 14.6. The van der Waals surface area contributed by atoms with Crippen LogP contribution in [0.25, 0.3) is 10.9 Å². The fourth-order valence-corrected chi connectivity index (χ4v) is 3.86. The second-order valence-corrected chi connectivity index (χ2v) is 6.64. The minimum atomic E-state index is -0.0173. The molecule has 1 amide bonds. The number of hydrogen-bond donors (Lipinski definition) is 1. The lowest BCUT2D eigenvalue weighted by Crippen LogP contribution is -2.38. The molecule has 0 saturated carbocycles. The van der Waals surface area contributed by atoms with E-state index in [9.17, 15) is 4.79 Å². The van der Waals surface area contributed by atoms with Gasteiger partial charge in [0.2, 0.25) is 0 Å². The maximum atomic E-state index is 12.5. The van der Waals surface area contributed by atoms with Crippen LogP contribution >= 0.6 is 0 Å². The summed E-state index contributed by atoms with van der Waals surface area (Å²) in [5.74, 6) is 0.742. The van der Waals surface area contributed by atoms with Crippen LogP contribution < -0.4 is 10.1 Å². The van der Waals surface area contributed by atoms with Crippen LogP contribution in [0.2, 0.25) is 0 Å². The second kappa shape index (κ2) is 6.28. The quantitative estimate of drug-likeness (QED) is 0.797. The lowest BCUT2D eigenvalue weighted by Gasteiger charge is -2.24. The Morgan fingerprint density at radius 1 is 1.16 bits per heavy atom. The average molecular weight is 334 g/mol. The van der Waals surface area contributed by atoms with E-state index in [1.165, 1.54) is 22.2 Å². The van der Waals surface area contributed by atoms with E-state index in [1.807, 2.05) is 12.1 Å². The van der Waals surface area contributed by atoms with Crippen LogP contribution in [0.5, 0.6) is 5.75 Å². The Labute approximate surface area is 147 Å². The molecule has 0 bridgehead atoms. The average Bonchev–Trinajstić information content (AvgIpc) is 2.94. The van der Waals surface area contributed by atoms with Crippen LogP contribution in [0.15, 0.2) is 48.5 Å². The number of aromatic nitrogens is 1. The first-order valence-electron chi connectivity index (χ1n) is 8.67. The number of ether oxygens (including phenoxy) is 1. The van der Waals surface area contributed by atoms with E-state index in [2.05, 4.69) is 41.2 Å². The number of aryl methyl sites for hydroxylation is 1. The van der Waals surface area contributed by atoms with E-state index in [1.54, 1.807) is 19.2 Å². The molecular weight excluding hydrogens is 312 g/mol. The van der Waals surface area contributed by atoms with Gasteiger partial charge in [0.1, 0.15) is 5.75 Å². The molecule has 1 aliphatic carbocycles. The van der Waals surface area contributed by atoms with Crippen molar-refractivity contribution in [1.29, 1.82) is 0 Å². The summed E-state index contributed by atoms with van der Waals surface area (Å²) >= 11 is 0. The third kappa shape index (κ3) is 2.78. The summed E-state index contributed by atoms with van der Waals surface area (Å²) in [7, 11) is 3.76. The van der Waals surface area contributed by atoms with Gasteiger partial charge in [-0.05, 0) is 55.2 Å². The first-order valence-corrected chi connectivity index (χ1v) is 8.67. The van der Waals surface area contributed by atoms with Crippen molar-refractivity contribution in [3.8, 4) is 5.75 Å². The molecule has 1 aliphatic rings. The highest BCUT2D eigenvalue weighted by Crippen LogP contribution is 2.31. The van der Waals surface area contributed by atoms with Crippen LogP contribution in [-0.2, 0) is 19.9 Å². The van der Waals surface area contributed by atoms with E-state index in [4.69, 9.17) is 4.74 Å². The van der Waals surface area contributed by atoms with Crippen molar-refractivity contribution >= 4 is 16.8 Å². The van der Waals surface area contributed by atoms with Crippen molar-refractivity contribution < 1.29 is 9.53 Å². The minimum Gasteiger partial charge on any atom is -0.497 e. The molecule has 1 heterocycles. The Bertz CT molecular complexity index is 925. The molecule has 2 aromatic carbocycles. The van der Waals surface area contributed by atoms with Gasteiger partial charge in [-0.15, -0.1) is 0 Å². The van der Waals surface area contributed by atoms with E-state index in [0.717, 1.165) is 25.0 Å². The highest BCUT2D eigenvalue weighted by molar-refractivity contribution is 5.94. The number of carbonyl (C=O) groups is 1. The molecule has 1 unspecified atom stereocenters. The molecule has 25 heavy (non-hydrogen) atoms. The number of amides is 1. The Morgan fingerprint density at radius 3 is 2.68 bits per heavy atom. The van der Waals surface area contributed by atoms with E-state index in [0.29, 0.717) is 5.56 Å². The molecule has 3 aromatic rings. The van der Waals surface area contributed by atoms with Crippen molar-refractivity contribution in [3.63, 3.8) is 0 Å². The van der Waals surface area contributed by atoms with Crippen LogP contribution in [0.3, 0.4) is 0 Å². The Balaban J connectivity index is 1.54. The summed E-state index contributed by atoms with van der Waals surface area (Å²) in [5.41, 5.74) is 4.72. The number of rotatable bonds is 3. The molecule has 0 fully saturated rings. The standard InChI is InChI=1S/C21H22N2O2/c1-23-19-6-4-3-5-17(19)18-13-15(9-12-20(18)23)22-21(24)14-7-10-16(25-2)11-8-14/h3-8,10-11,15H,9,12-13H2,1-2H3,(H,22,24). The number of nitrogens with zero attached hydrogens (tertiary/aromatic N) is 1. The van der Waals surface area contributed by atoms with E-state index in [-0.39, 0.29) is 11.9 Å². The fourth-order valence-electron chi connectivity index (χ4n) is 3.86. The fraction of sp³-hybridized carbons (Fsp3) is 0.286. The zero-order chi connectivity index (χ0) is 17.4. The zero-order valence-corrected chi connectivity index (χ0v) is 14.6. The van der Waals surface area contributed by atoms with Gasteiger partial charge in [0.25, 0.3) is 5.91 Å². The third-order valence-electron chi connectivity index (χ3n) is 5.21. The summed E-state index contributed by atoms with van der Waals surface area (Å²) in [6, 6.07) is 15.9. The third-order valence-corrected chi connectivity index (χ3v) is 5.21. The molecule has 4 rings (SSSR count). The second-order valence-electron chi connectivity index (χ2n) is 6.64. The van der Waals surface area contributed by atoms with Crippen LogP contribution in [0.4, 0.5) is 0 Å². The molecule has 4 nitrogen and oxygen atoms in total. The van der Waals surface area contributed by atoms with Crippen molar-refractivity contribution in [3.05, 3.63) is 65.4 Å². The van der Waals surface area contributed by atoms with Crippen molar-refractivity contribution in [2.24, 2.45) is 7.05 Å². The molecule has 128 valence electrons. The highest BCUT2D eigenvalue weighted by atomic mass is 16.5. The first kappa shape index (κ1) is 15.8. The number of fused-ring (bicyclic) bond motifs is 3. The maximum Gasteiger partial charge on any atom is 0.251 e. The SMILES string of the molecule is COc1ccc(C(=O)NC2CCc3c(c4ccccc4n3C)C2)cc1. The van der Waals surface area contributed by atoms with Gasteiger partial charge in [0.05, 0.1) is 7.11 Å². The van der Waals surface area contributed by atoms with Crippen molar-refractivity contribution in [2.45, 2.75) is 25.3 Å². The van der Waals surface area contributed by atoms with Gasteiger partial charge in [-0.1, -0.05) is 18.2 Å². The largest absolute Gasteiger partial charge is 0.497 e. The smallest absolute Gasteiger partial charge is 0.251 e. The van der Waals surface area contributed by atoms with E-state index < -0.39 is 0 Å². The maximum absolute atomic E-state index is 12.5.